The summed E-state index contributed by atoms with van der Waals surface area (Å²) in [5.41, 5.74) is 0.818. The first-order valence-corrected chi connectivity index (χ1v) is 13.6. The highest BCUT2D eigenvalue weighted by Gasteiger charge is 2.44. The van der Waals surface area contributed by atoms with Crippen LogP contribution in [0.1, 0.15) is 35.6 Å². The van der Waals surface area contributed by atoms with Gasteiger partial charge in [-0.25, -0.2) is 9.78 Å². The van der Waals surface area contributed by atoms with E-state index in [1.807, 2.05) is 12.1 Å². The van der Waals surface area contributed by atoms with Gasteiger partial charge in [-0.2, -0.15) is 0 Å². The Hall–Kier alpha value is -3.18. The van der Waals surface area contributed by atoms with E-state index in [0.717, 1.165) is 42.7 Å². The lowest BCUT2D eigenvalue weighted by atomic mass is 9.87. The van der Waals surface area contributed by atoms with E-state index in [1.54, 1.807) is 19.2 Å². The van der Waals surface area contributed by atoms with E-state index in [4.69, 9.17) is 25.8 Å². The van der Waals surface area contributed by atoms with Crippen LogP contribution in [0.3, 0.4) is 0 Å². The molecule has 11 heteroatoms. The number of halogens is 1. The molecule has 5 heterocycles. The first-order chi connectivity index (χ1) is 18.8. The molecule has 0 unspecified atom stereocenters. The number of ether oxygens (including phenoxy) is 3. The zero-order valence-corrected chi connectivity index (χ0v) is 22.8. The van der Waals surface area contributed by atoms with Crippen LogP contribution in [0, 0.1) is 0 Å². The molecule has 2 aromatic heterocycles. The van der Waals surface area contributed by atoms with Crippen molar-refractivity contribution in [3.05, 3.63) is 62.2 Å². The van der Waals surface area contributed by atoms with Gasteiger partial charge in [0.15, 0.2) is 17.1 Å². The van der Waals surface area contributed by atoms with Crippen molar-refractivity contribution < 1.29 is 24.1 Å². The number of cyclic esters (lactones) is 1. The number of esters is 1. The number of benzene rings is 1. The largest absolute Gasteiger partial charge is 0.486 e. The van der Waals surface area contributed by atoms with Crippen LogP contribution < -0.4 is 15.0 Å². The number of carbonyl (C=O) groups is 1. The van der Waals surface area contributed by atoms with Gasteiger partial charge in [0.25, 0.3) is 5.56 Å². The fraction of sp³-hybridized carbons (Fsp3) is 0.464. The van der Waals surface area contributed by atoms with Crippen LogP contribution in [-0.2, 0) is 34.8 Å². The summed E-state index contributed by atoms with van der Waals surface area (Å²) >= 11 is 6.83. The van der Waals surface area contributed by atoms with Crippen LogP contribution >= 0.6 is 11.6 Å². The molecule has 0 amide bonds. The van der Waals surface area contributed by atoms with Crippen molar-refractivity contribution in [3.63, 3.8) is 0 Å². The number of carbonyl (C=O) groups excluding carboxylic acids is 1. The third-order valence-corrected chi connectivity index (χ3v) is 8.34. The second-order valence-electron chi connectivity index (χ2n) is 10.4. The molecule has 1 fully saturated rings. The van der Waals surface area contributed by atoms with Gasteiger partial charge in [-0.3, -0.25) is 9.69 Å². The van der Waals surface area contributed by atoms with Crippen molar-refractivity contribution in [1.29, 1.82) is 0 Å². The Labute approximate surface area is 230 Å². The number of hydrogen-bond donors (Lipinski definition) is 1. The Morgan fingerprint density at radius 2 is 1.74 bits per heavy atom. The third kappa shape index (κ3) is 4.55. The standard InChI is InChI=1S/C28H31ClN4O6/c1-3-28(36)21-4-5-33(26(34)20(21)16-39-27(28)35)15-19-18(14-32-8-6-31(2)7-9-32)17-12-23-24(38-11-10-37-23)13-22(17)30-25(19)29/h4-5,12-13,36H,3,6-11,14-16H2,1-2H3/t28-/m0/s1. The van der Waals surface area contributed by atoms with E-state index in [2.05, 4.69) is 21.8 Å². The summed E-state index contributed by atoms with van der Waals surface area (Å²) in [5, 5.41) is 12.1. The minimum absolute atomic E-state index is 0.105. The molecule has 1 atom stereocenters. The topological polar surface area (TPSA) is 106 Å². The number of aromatic nitrogens is 2. The maximum Gasteiger partial charge on any atom is 0.343 e. The molecule has 0 spiro atoms. The minimum Gasteiger partial charge on any atom is -0.486 e. The van der Waals surface area contributed by atoms with Gasteiger partial charge in [0.1, 0.15) is 25.0 Å². The average Bonchev–Trinajstić information content (AvgIpc) is 2.94. The maximum absolute atomic E-state index is 13.6. The number of pyridine rings is 2. The molecule has 3 aromatic rings. The summed E-state index contributed by atoms with van der Waals surface area (Å²) in [7, 11) is 2.12. The Morgan fingerprint density at radius 3 is 2.46 bits per heavy atom. The van der Waals surface area contributed by atoms with Gasteiger partial charge in [0.05, 0.1) is 17.6 Å². The van der Waals surface area contributed by atoms with Gasteiger partial charge in [-0.15, -0.1) is 0 Å². The molecular formula is C28H31ClN4O6. The summed E-state index contributed by atoms with van der Waals surface area (Å²) in [4.78, 5) is 35.2. The van der Waals surface area contributed by atoms with E-state index < -0.39 is 11.6 Å². The Kier molecular flexibility index (Phi) is 6.74. The SMILES string of the molecule is CC[C@@]1(O)C(=O)OCc2c1ccn(Cc1c(Cl)nc3cc4c(cc3c1CN1CCN(C)CC1)OCCO4)c2=O. The van der Waals surface area contributed by atoms with Crippen LogP contribution in [0.5, 0.6) is 11.5 Å². The smallest absolute Gasteiger partial charge is 0.343 e. The lowest BCUT2D eigenvalue weighted by molar-refractivity contribution is -0.172. The first-order valence-electron chi connectivity index (χ1n) is 13.2. The van der Waals surface area contributed by atoms with E-state index in [-0.39, 0.29) is 30.7 Å². The molecule has 1 N–H and O–H groups in total. The van der Waals surface area contributed by atoms with E-state index >= 15 is 0 Å². The summed E-state index contributed by atoms with van der Waals surface area (Å²) in [6.07, 6.45) is 1.71. The molecule has 6 rings (SSSR count). The number of hydrogen-bond acceptors (Lipinski definition) is 9. The molecule has 206 valence electrons. The molecule has 39 heavy (non-hydrogen) atoms. The quantitative estimate of drug-likeness (QED) is 0.375. The van der Waals surface area contributed by atoms with E-state index in [0.29, 0.717) is 47.5 Å². The van der Waals surface area contributed by atoms with Gasteiger partial charge in [-0.05, 0) is 31.2 Å². The van der Waals surface area contributed by atoms with Gasteiger partial charge in [0, 0.05) is 61.5 Å². The van der Waals surface area contributed by atoms with Crippen molar-refractivity contribution in [2.45, 2.75) is 38.6 Å². The van der Waals surface area contributed by atoms with E-state index in [1.165, 1.54) is 4.57 Å². The zero-order valence-electron chi connectivity index (χ0n) is 22.0. The molecular weight excluding hydrogens is 524 g/mol. The van der Waals surface area contributed by atoms with Crippen LogP contribution in [0.4, 0.5) is 0 Å². The Bertz CT molecular complexity index is 1520. The Morgan fingerprint density at radius 1 is 1.03 bits per heavy atom. The molecule has 10 nitrogen and oxygen atoms in total. The first kappa shape index (κ1) is 26.1. The van der Waals surface area contributed by atoms with Gasteiger partial charge in [-0.1, -0.05) is 18.5 Å². The third-order valence-electron chi connectivity index (χ3n) is 8.03. The lowest BCUT2D eigenvalue weighted by Crippen LogP contribution is -2.44. The van der Waals surface area contributed by atoms with Crippen molar-refractivity contribution in [3.8, 4) is 11.5 Å². The second-order valence-corrected chi connectivity index (χ2v) is 10.7. The number of aliphatic hydroxyl groups is 1. The lowest BCUT2D eigenvalue weighted by Gasteiger charge is -2.33. The predicted octanol–water partition coefficient (Wildman–Crippen LogP) is 2.27. The van der Waals surface area contributed by atoms with Gasteiger partial charge in [0.2, 0.25) is 0 Å². The molecule has 3 aliphatic heterocycles. The summed E-state index contributed by atoms with van der Waals surface area (Å²) in [6.45, 7) is 6.98. The summed E-state index contributed by atoms with van der Waals surface area (Å²) in [5.74, 6) is 0.565. The summed E-state index contributed by atoms with van der Waals surface area (Å²) < 4.78 is 18.4. The number of fused-ring (bicyclic) bond motifs is 3. The molecule has 3 aliphatic rings. The van der Waals surface area contributed by atoms with Crippen LogP contribution in [0.15, 0.2) is 29.2 Å². The fourth-order valence-electron chi connectivity index (χ4n) is 5.59. The van der Waals surface area contributed by atoms with Crippen LogP contribution in [0.25, 0.3) is 10.9 Å². The average molecular weight is 555 g/mol. The van der Waals surface area contributed by atoms with Crippen molar-refractivity contribution in [2.24, 2.45) is 0 Å². The zero-order chi connectivity index (χ0) is 27.3. The minimum atomic E-state index is -1.83. The number of nitrogens with zero attached hydrogens (tertiary/aromatic N) is 4. The predicted molar refractivity (Wildman–Crippen MR) is 144 cm³/mol. The maximum atomic E-state index is 13.6. The van der Waals surface area contributed by atoms with Crippen molar-refractivity contribution in [1.82, 2.24) is 19.4 Å². The second kappa shape index (κ2) is 10.1. The highest BCUT2D eigenvalue weighted by atomic mass is 35.5. The molecule has 0 aliphatic carbocycles. The molecule has 0 saturated carbocycles. The van der Waals surface area contributed by atoms with Crippen molar-refractivity contribution in [2.75, 3.05) is 46.4 Å². The number of piperazine rings is 1. The van der Waals surface area contributed by atoms with Gasteiger partial charge >= 0.3 is 5.97 Å². The molecule has 1 aromatic carbocycles. The molecule has 0 radical (unpaired) electrons. The van der Waals surface area contributed by atoms with E-state index in [9.17, 15) is 14.7 Å². The fourth-order valence-corrected chi connectivity index (χ4v) is 5.85. The highest BCUT2D eigenvalue weighted by molar-refractivity contribution is 6.30. The Balaban J connectivity index is 1.46. The normalized spacial score (nSPS) is 21.6. The number of rotatable bonds is 5. The number of likely N-dealkylation sites (N-methyl/N-ethyl adjacent to an activating group) is 1. The highest BCUT2D eigenvalue weighted by Crippen LogP contribution is 2.38. The summed E-state index contributed by atoms with van der Waals surface area (Å²) in [6, 6.07) is 5.45. The molecule has 1 saturated heterocycles. The molecule has 0 bridgehead atoms. The van der Waals surface area contributed by atoms with Crippen molar-refractivity contribution >= 4 is 28.5 Å². The monoisotopic (exact) mass is 554 g/mol. The van der Waals surface area contributed by atoms with Gasteiger partial charge < -0.3 is 28.8 Å². The van der Waals surface area contributed by atoms with Crippen LogP contribution in [-0.4, -0.2) is 76.9 Å². The van der Waals surface area contributed by atoms with Crippen LogP contribution in [0.2, 0.25) is 5.15 Å².